The van der Waals surface area contributed by atoms with Crippen LogP contribution in [0.25, 0.3) is 0 Å². The minimum Gasteiger partial charge on any atom is -0.347 e. The van der Waals surface area contributed by atoms with Crippen LogP contribution in [0.3, 0.4) is 0 Å². The van der Waals surface area contributed by atoms with E-state index in [1.807, 2.05) is 24.3 Å². The van der Waals surface area contributed by atoms with Gasteiger partial charge >= 0.3 is 5.63 Å². The molecule has 1 aliphatic rings. The van der Waals surface area contributed by atoms with Gasteiger partial charge in [0, 0.05) is 24.2 Å². The Balaban J connectivity index is 1.50. The number of hydrogen-bond donors (Lipinski definition) is 2. The zero-order valence-electron chi connectivity index (χ0n) is 13.2. The van der Waals surface area contributed by atoms with Crippen LogP contribution in [0.5, 0.6) is 0 Å². The minimum atomic E-state index is -0.505. The molecule has 0 bridgehead atoms. The maximum Gasteiger partial charge on any atom is 0.426 e. The summed E-state index contributed by atoms with van der Waals surface area (Å²) in [6.07, 6.45) is 3.21. The number of aromatic nitrogens is 2. The smallest absolute Gasteiger partial charge is 0.347 e. The third-order valence-corrected chi connectivity index (χ3v) is 4.28. The van der Waals surface area contributed by atoms with Gasteiger partial charge in [0.05, 0.1) is 0 Å². The molecule has 7 nitrogen and oxygen atoms in total. The van der Waals surface area contributed by atoms with Crippen LogP contribution in [0, 0.1) is 0 Å². The highest BCUT2D eigenvalue weighted by Gasteiger charge is 2.23. The maximum atomic E-state index is 12.1. The number of likely N-dealkylation sites (tertiary alicyclic amines) is 1. The van der Waals surface area contributed by atoms with E-state index in [4.69, 9.17) is 11.6 Å². The standard InChI is InChI=1S/C16H19ClN4O3/c17-13-5-3-12(4-6-13)8-20-7-1-2-14(9-20)18-15(22)10-21-11-16(23)24-19-21/h3-6,11,14H,1-2,7-10H2,(H-,18,19,22,23)/p+1. The highest BCUT2D eigenvalue weighted by Crippen LogP contribution is 2.15. The van der Waals surface area contributed by atoms with Crippen LogP contribution in [0.1, 0.15) is 18.4 Å². The Bertz CT molecular complexity index is 740. The third-order valence-electron chi connectivity index (χ3n) is 4.03. The number of aromatic amines is 1. The fraction of sp³-hybridized carbons (Fsp3) is 0.438. The highest BCUT2D eigenvalue weighted by molar-refractivity contribution is 6.30. The van der Waals surface area contributed by atoms with Crippen molar-refractivity contribution in [2.75, 3.05) is 13.1 Å². The normalized spacial score (nSPS) is 18.5. The van der Waals surface area contributed by atoms with Crippen molar-refractivity contribution < 1.29 is 14.0 Å². The molecule has 0 radical (unpaired) electrons. The Morgan fingerprint density at radius 1 is 1.42 bits per heavy atom. The van der Waals surface area contributed by atoms with Crippen molar-refractivity contribution >= 4 is 17.5 Å². The average Bonchev–Trinajstić information content (AvgIpc) is 2.95. The molecule has 1 amide bonds. The maximum absolute atomic E-state index is 12.1. The van der Waals surface area contributed by atoms with Gasteiger partial charge in [0.2, 0.25) is 0 Å². The number of carbonyl (C=O) groups is 1. The number of H-pyrrole nitrogens is 1. The van der Waals surface area contributed by atoms with Gasteiger partial charge in [-0.2, -0.15) is 0 Å². The van der Waals surface area contributed by atoms with Gasteiger partial charge in [0.25, 0.3) is 18.6 Å². The average molecular weight is 352 g/mol. The van der Waals surface area contributed by atoms with Crippen LogP contribution in [-0.4, -0.2) is 35.2 Å². The first-order valence-electron chi connectivity index (χ1n) is 7.92. The Morgan fingerprint density at radius 2 is 2.21 bits per heavy atom. The number of amides is 1. The predicted molar refractivity (Wildman–Crippen MR) is 87.4 cm³/mol. The van der Waals surface area contributed by atoms with E-state index >= 15 is 0 Å². The van der Waals surface area contributed by atoms with Gasteiger partial charge < -0.3 is 5.32 Å². The van der Waals surface area contributed by atoms with Crippen molar-refractivity contribution in [1.29, 1.82) is 0 Å². The first kappa shape index (κ1) is 16.7. The second-order valence-electron chi connectivity index (χ2n) is 6.04. The molecule has 1 aliphatic heterocycles. The number of nitrogens with one attached hydrogen (secondary N) is 2. The molecule has 1 aromatic heterocycles. The van der Waals surface area contributed by atoms with Gasteiger partial charge in [-0.15, -0.1) is 0 Å². The Hall–Kier alpha value is -2.12. The zero-order chi connectivity index (χ0) is 16.9. The SMILES string of the molecule is O=C(C[n+]1cc(=O)o[nH]1)NC1CCCN(Cc2ccc(Cl)cc2)C1. The number of halogens is 1. The van der Waals surface area contributed by atoms with Crippen LogP contribution in [-0.2, 0) is 17.9 Å². The summed E-state index contributed by atoms with van der Waals surface area (Å²) in [6, 6.07) is 7.94. The quantitative estimate of drug-likeness (QED) is 0.776. The molecule has 1 atom stereocenters. The van der Waals surface area contributed by atoms with E-state index < -0.39 is 5.63 Å². The summed E-state index contributed by atoms with van der Waals surface area (Å²) < 4.78 is 5.86. The Kier molecular flexibility index (Phi) is 5.32. The molecular formula is C16H20ClN4O3+. The number of rotatable bonds is 5. The third kappa shape index (κ3) is 4.69. The largest absolute Gasteiger partial charge is 0.426 e. The summed E-state index contributed by atoms with van der Waals surface area (Å²) in [6.45, 7) is 2.70. The lowest BCUT2D eigenvalue weighted by Crippen LogP contribution is -2.51. The van der Waals surface area contributed by atoms with Crippen LogP contribution in [0.2, 0.25) is 5.02 Å². The van der Waals surface area contributed by atoms with Crippen molar-refractivity contribution in [2.45, 2.75) is 32.0 Å². The lowest BCUT2D eigenvalue weighted by molar-refractivity contribution is -0.751. The Labute approximate surface area is 144 Å². The van der Waals surface area contributed by atoms with E-state index in [0.717, 1.165) is 37.5 Å². The molecule has 0 aliphatic carbocycles. The van der Waals surface area contributed by atoms with Gasteiger partial charge in [0.1, 0.15) is 0 Å². The van der Waals surface area contributed by atoms with Gasteiger partial charge in [-0.3, -0.25) is 14.2 Å². The summed E-state index contributed by atoms with van der Waals surface area (Å²) in [5.41, 5.74) is 0.701. The molecule has 3 rings (SSSR count). The number of carbonyl (C=O) groups excluding carboxylic acids is 1. The van der Waals surface area contributed by atoms with Crippen LogP contribution >= 0.6 is 11.6 Å². The minimum absolute atomic E-state index is 0.0411. The van der Waals surface area contributed by atoms with E-state index in [-0.39, 0.29) is 18.5 Å². The molecule has 1 saturated heterocycles. The fourth-order valence-electron chi connectivity index (χ4n) is 2.95. The van der Waals surface area contributed by atoms with E-state index in [9.17, 15) is 9.59 Å². The molecule has 0 spiro atoms. The topological polar surface area (TPSA) is 82.2 Å². The summed E-state index contributed by atoms with van der Waals surface area (Å²) in [5, 5.41) is 6.12. The number of hydrogen-bond acceptors (Lipinski definition) is 4. The van der Waals surface area contributed by atoms with Crippen LogP contribution < -0.4 is 15.6 Å². The molecular weight excluding hydrogens is 332 g/mol. The van der Waals surface area contributed by atoms with Gasteiger partial charge in [-0.05, 0) is 42.4 Å². The summed E-state index contributed by atoms with van der Waals surface area (Å²) in [4.78, 5) is 25.3. The first-order chi connectivity index (χ1) is 11.6. The second-order valence-corrected chi connectivity index (χ2v) is 6.47. The van der Waals surface area contributed by atoms with E-state index in [0.29, 0.717) is 0 Å². The lowest BCUT2D eigenvalue weighted by Gasteiger charge is -2.32. The predicted octanol–water partition coefficient (Wildman–Crippen LogP) is 0.690. The molecule has 8 heteroatoms. The molecule has 1 aromatic carbocycles. The molecule has 1 fully saturated rings. The molecule has 0 saturated carbocycles. The van der Waals surface area contributed by atoms with Crippen molar-refractivity contribution in [3.8, 4) is 0 Å². The molecule has 2 N–H and O–H groups in total. The van der Waals surface area contributed by atoms with Crippen molar-refractivity contribution in [1.82, 2.24) is 15.5 Å². The first-order valence-corrected chi connectivity index (χ1v) is 8.30. The zero-order valence-corrected chi connectivity index (χ0v) is 14.0. The number of benzene rings is 1. The molecule has 24 heavy (non-hydrogen) atoms. The summed E-state index contributed by atoms with van der Waals surface area (Å²) in [7, 11) is 0. The van der Waals surface area contributed by atoms with Gasteiger partial charge in [-0.25, -0.2) is 4.79 Å². The van der Waals surface area contributed by atoms with Gasteiger partial charge in [-0.1, -0.05) is 28.4 Å². The van der Waals surface area contributed by atoms with Crippen molar-refractivity contribution in [2.24, 2.45) is 0 Å². The second kappa shape index (κ2) is 7.63. The molecule has 2 heterocycles. The van der Waals surface area contributed by atoms with Crippen molar-refractivity contribution in [3.05, 3.63) is 51.5 Å². The summed E-state index contributed by atoms with van der Waals surface area (Å²) in [5.74, 6) is -0.143. The van der Waals surface area contributed by atoms with E-state index in [1.54, 1.807) is 0 Å². The summed E-state index contributed by atoms with van der Waals surface area (Å²) >= 11 is 5.91. The monoisotopic (exact) mass is 351 g/mol. The fourth-order valence-corrected chi connectivity index (χ4v) is 3.08. The van der Waals surface area contributed by atoms with Crippen LogP contribution in [0.15, 0.2) is 39.8 Å². The Morgan fingerprint density at radius 3 is 2.92 bits per heavy atom. The van der Waals surface area contributed by atoms with Crippen molar-refractivity contribution in [3.63, 3.8) is 0 Å². The highest BCUT2D eigenvalue weighted by atomic mass is 35.5. The number of nitrogens with zero attached hydrogens (tertiary/aromatic N) is 2. The molecule has 128 valence electrons. The lowest BCUT2D eigenvalue weighted by atomic mass is 10.0. The molecule has 2 aromatic rings. The van der Waals surface area contributed by atoms with Gasteiger partial charge in [0.15, 0.2) is 0 Å². The molecule has 1 unspecified atom stereocenters. The number of piperidine rings is 1. The van der Waals surface area contributed by atoms with E-state index in [1.165, 1.54) is 16.4 Å². The van der Waals surface area contributed by atoms with Crippen LogP contribution in [0.4, 0.5) is 0 Å². The van der Waals surface area contributed by atoms with E-state index in [2.05, 4.69) is 20.0 Å².